The van der Waals surface area contributed by atoms with Gasteiger partial charge in [0.2, 0.25) is 0 Å². The SMILES string of the molecule is NCCNC1CCC2CN(Cc3ccccc3)CC21. The van der Waals surface area contributed by atoms with E-state index in [4.69, 9.17) is 5.73 Å². The van der Waals surface area contributed by atoms with Crippen LogP contribution in [-0.2, 0) is 6.54 Å². The Morgan fingerprint density at radius 3 is 2.79 bits per heavy atom. The van der Waals surface area contributed by atoms with Crippen LogP contribution >= 0.6 is 0 Å². The number of nitrogens with zero attached hydrogens (tertiary/aromatic N) is 1. The van der Waals surface area contributed by atoms with Gasteiger partial charge in [-0.3, -0.25) is 4.90 Å². The normalized spacial score (nSPS) is 30.7. The summed E-state index contributed by atoms with van der Waals surface area (Å²) in [6.45, 7) is 5.35. The molecule has 3 atom stereocenters. The van der Waals surface area contributed by atoms with E-state index in [1.54, 1.807) is 0 Å². The Balaban J connectivity index is 1.55. The predicted molar refractivity (Wildman–Crippen MR) is 78.8 cm³/mol. The molecule has 1 aliphatic carbocycles. The van der Waals surface area contributed by atoms with Crippen LogP contribution in [0.5, 0.6) is 0 Å². The molecule has 0 bridgehead atoms. The largest absolute Gasteiger partial charge is 0.329 e. The molecule has 0 radical (unpaired) electrons. The standard InChI is InChI=1S/C16H25N3/c17-8-9-18-16-7-6-14-11-19(12-15(14)16)10-13-4-2-1-3-5-13/h1-5,14-16,18H,6-12,17H2. The first kappa shape index (κ1) is 13.1. The van der Waals surface area contributed by atoms with E-state index in [0.717, 1.165) is 31.5 Å². The lowest BCUT2D eigenvalue weighted by molar-refractivity contribution is 0.289. The quantitative estimate of drug-likeness (QED) is 0.841. The summed E-state index contributed by atoms with van der Waals surface area (Å²) in [4.78, 5) is 2.63. The van der Waals surface area contributed by atoms with Crippen molar-refractivity contribution in [3.8, 4) is 0 Å². The number of rotatable bonds is 5. The molecular weight excluding hydrogens is 234 g/mol. The summed E-state index contributed by atoms with van der Waals surface area (Å²) < 4.78 is 0. The second-order valence-electron chi connectivity index (χ2n) is 6.03. The minimum atomic E-state index is 0.703. The van der Waals surface area contributed by atoms with Crippen LogP contribution in [0.4, 0.5) is 0 Å². The van der Waals surface area contributed by atoms with Crippen LogP contribution in [0.3, 0.4) is 0 Å². The predicted octanol–water partition coefficient (Wildman–Crippen LogP) is 1.45. The third kappa shape index (κ3) is 2.99. The van der Waals surface area contributed by atoms with Crippen molar-refractivity contribution in [2.24, 2.45) is 17.6 Å². The van der Waals surface area contributed by atoms with Crippen molar-refractivity contribution in [2.75, 3.05) is 26.2 Å². The highest BCUT2D eigenvalue weighted by Gasteiger charge is 2.41. The van der Waals surface area contributed by atoms with Gasteiger partial charge in [0.05, 0.1) is 0 Å². The molecule has 2 fully saturated rings. The molecule has 0 spiro atoms. The minimum absolute atomic E-state index is 0.703. The minimum Gasteiger partial charge on any atom is -0.329 e. The Morgan fingerprint density at radius 1 is 1.16 bits per heavy atom. The molecule has 2 aliphatic rings. The Bertz CT molecular complexity index is 392. The van der Waals surface area contributed by atoms with Gasteiger partial charge >= 0.3 is 0 Å². The van der Waals surface area contributed by atoms with Crippen molar-refractivity contribution in [3.63, 3.8) is 0 Å². The van der Waals surface area contributed by atoms with Gasteiger partial charge in [-0.15, -0.1) is 0 Å². The van der Waals surface area contributed by atoms with E-state index in [9.17, 15) is 0 Å². The molecular formula is C16H25N3. The third-order valence-electron chi connectivity index (χ3n) is 4.73. The third-order valence-corrected chi connectivity index (χ3v) is 4.73. The van der Waals surface area contributed by atoms with Gasteiger partial charge < -0.3 is 11.1 Å². The van der Waals surface area contributed by atoms with Crippen LogP contribution in [0, 0.1) is 11.8 Å². The molecule has 3 N–H and O–H groups in total. The Morgan fingerprint density at radius 2 is 2.00 bits per heavy atom. The highest BCUT2D eigenvalue weighted by molar-refractivity contribution is 5.15. The molecule has 3 heteroatoms. The van der Waals surface area contributed by atoms with E-state index in [-0.39, 0.29) is 0 Å². The highest BCUT2D eigenvalue weighted by Crippen LogP contribution is 2.38. The molecule has 1 saturated heterocycles. The maximum absolute atomic E-state index is 5.60. The zero-order valence-corrected chi connectivity index (χ0v) is 11.6. The molecule has 1 heterocycles. The van der Waals surface area contributed by atoms with Crippen molar-refractivity contribution in [3.05, 3.63) is 35.9 Å². The van der Waals surface area contributed by atoms with Crippen LogP contribution in [-0.4, -0.2) is 37.1 Å². The van der Waals surface area contributed by atoms with E-state index in [1.807, 2.05) is 0 Å². The number of nitrogens with one attached hydrogen (secondary N) is 1. The topological polar surface area (TPSA) is 41.3 Å². The molecule has 1 aromatic carbocycles. The van der Waals surface area contributed by atoms with Gasteiger partial charge in [-0.25, -0.2) is 0 Å². The second-order valence-corrected chi connectivity index (χ2v) is 6.03. The molecule has 1 aromatic rings. The van der Waals surface area contributed by atoms with Gasteiger partial charge in [0.1, 0.15) is 0 Å². The van der Waals surface area contributed by atoms with Crippen LogP contribution < -0.4 is 11.1 Å². The lowest BCUT2D eigenvalue weighted by Crippen LogP contribution is -2.38. The van der Waals surface area contributed by atoms with Crippen molar-refractivity contribution in [1.29, 1.82) is 0 Å². The first-order chi connectivity index (χ1) is 9.36. The summed E-state index contributed by atoms with van der Waals surface area (Å²) >= 11 is 0. The molecule has 0 aromatic heterocycles. The van der Waals surface area contributed by atoms with E-state index >= 15 is 0 Å². The molecule has 1 saturated carbocycles. The van der Waals surface area contributed by atoms with Crippen LogP contribution in [0.2, 0.25) is 0 Å². The Hall–Kier alpha value is -0.900. The van der Waals surface area contributed by atoms with Gasteiger partial charge in [-0.2, -0.15) is 0 Å². The van der Waals surface area contributed by atoms with E-state index in [0.29, 0.717) is 6.04 Å². The summed E-state index contributed by atoms with van der Waals surface area (Å²) in [6, 6.07) is 11.5. The van der Waals surface area contributed by atoms with Gasteiger partial charge in [-0.1, -0.05) is 30.3 Å². The highest BCUT2D eigenvalue weighted by atomic mass is 15.2. The molecule has 0 amide bonds. The van der Waals surface area contributed by atoms with Gasteiger partial charge in [0, 0.05) is 38.8 Å². The molecule has 3 nitrogen and oxygen atoms in total. The summed E-state index contributed by atoms with van der Waals surface area (Å²) in [7, 11) is 0. The molecule has 3 rings (SSSR count). The van der Waals surface area contributed by atoms with Crippen LogP contribution in [0.25, 0.3) is 0 Å². The number of nitrogens with two attached hydrogens (primary N) is 1. The Kier molecular flexibility index (Phi) is 4.16. The molecule has 1 aliphatic heterocycles. The van der Waals surface area contributed by atoms with Crippen LogP contribution in [0.1, 0.15) is 18.4 Å². The summed E-state index contributed by atoms with van der Waals surface area (Å²) in [6.07, 6.45) is 2.73. The number of fused-ring (bicyclic) bond motifs is 1. The Labute approximate surface area is 116 Å². The maximum atomic E-state index is 5.60. The van der Waals surface area contributed by atoms with E-state index in [2.05, 4.69) is 40.5 Å². The zero-order valence-electron chi connectivity index (χ0n) is 11.6. The first-order valence-electron chi connectivity index (χ1n) is 7.56. The number of likely N-dealkylation sites (tertiary alicyclic amines) is 1. The monoisotopic (exact) mass is 259 g/mol. The number of hydrogen-bond donors (Lipinski definition) is 2. The average Bonchev–Trinajstić information content (AvgIpc) is 2.98. The average molecular weight is 259 g/mol. The molecule has 19 heavy (non-hydrogen) atoms. The van der Waals surface area contributed by atoms with Crippen molar-refractivity contribution in [2.45, 2.75) is 25.4 Å². The fourth-order valence-electron chi connectivity index (χ4n) is 3.85. The van der Waals surface area contributed by atoms with E-state index in [1.165, 1.54) is 31.5 Å². The van der Waals surface area contributed by atoms with Gasteiger partial charge in [0.25, 0.3) is 0 Å². The molecule has 104 valence electrons. The first-order valence-corrected chi connectivity index (χ1v) is 7.56. The van der Waals surface area contributed by atoms with Gasteiger partial charge in [0.15, 0.2) is 0 Å². The van der Waals surface area contributed by atoms with Crippen molar-refractivity contribution < 1.29 is 0 Å². The smallest absolute Gasteiger partial charge is 0.0233 e. The zero-order chi connectivity index (χ0) is 13.1. The molecule has 3 unspecified atom stereocenters. The van der Waals surface area contributed by atoms with Crippen molar-refractivity contribution >= 4 is 0 Å². The maximum Gasteiger partial charge on any atom is 0.0233 e. The van der Waals surface area contributed by atoms with E-state index < -0.39 is 0 Å². The lowest BCUT2D eigenvalue weighted by Gasteiger charge is -2.21. The van der Waals surface area contributed by atoms with Crippen LogP contribution in [0.15, 0.2) is 30.3 Å². The number of benzene rings is 1. The van der Waals surface area contributed by atoms with Gasteiger partial charge in [-0.05, 0) is 30.2 Å². The fourth-order valence-corrected chi connectivity index (χ4v) is 3.85. The summed E-state index contributed by atoms with van der Waals surface area (Å²) in [5.74, 6) is 1.74. The van der Waals surface area contributed by atoms with Crippen molar-refractivity contribution in [1.82, 2.24) is 10.2 Å². The lowest BCUT2D eigenvalue weighted by atomic mass is 9.98. The number of hydrogen-bond acceptors (Lipinski definition) is 3. The fraction of sp³-hybridized carbons (Fsp3) is 0.625. The second kappa shape index (κ2) is 6.04. The summed E-state index contributed by atoms with van der Waals surface area (Å²) in [5.41, 5.74) is 7.04. The summed E-state index contributed by atoms with van der Waals surface area (Å²) in [5, 5.41) is 3.64.